The predicted molar refractivity (Wildman–Crippen MR) is 288 cm³/mol. The molecule has 0 fully saturated rings. The normalized spacial score (nSPS) is 12.6. The average molecular weight is 1030 g/mol. The van der Waals surface area contributed by atoms with Gasteiger partial charge >= 0.3 is 12.1 Å². The summed E-state index contributed by atoms with van der Waals surface area (Å²) in [5, 5.41) is 13.6. The molecular formula is C53H52ClN13O8. The van der Waals surface area contributed by atoms with Crippen molar-refractivity contribution in [3.8, 4) is 34.1 Å². The molecule has 0 saturated heterocycles. The summed E-state index contributed by atoms with van der Waals surface area (Å²) in [7, 11) is 11.3. The molecule has 2 aliphatic heterocycles. The highest BCUT2D eigenvalue weighted by Crippen LogP contribution is 2.42. The number of hydrogen-bond acceptors (Lipinski definition) is 15. The Bertz CT molecular complexity index is 3340. The van der Waals surface area contributed by atoms with Crippen molar-refractivity contribution in [3.63, 3.8) is 0 Å². The van der Waals surface area contributed by atoms with Gasteiger partial charge in [0.2, 0.25) is 17.8 Å². The number of rotatable bonds is 16. The molecule has 0 unspecified atom stereocenters. The summed E-state index contributed by atoms with van der Waals surface area (Å²) in [4.78, 5) is 74.8. The highest BCUT2D eigenvalue weighted by Gasteiger charge is 2.34. The molecule has 9 rings (SSSR count). The standard InChI is InChI=1S/C29H29N7O4.C24H23ClN6O4/c1-6-23(37)10-19-9-18(20-15-31-34(2)16-20)7-8-26(19)32-28-30-14-21-17-36(29(38)35(3)27(21)33-28)22-11-24(39-4)13-25(12-22)40-5;1-5-20(32)27-16-8-6-7-9-17(16)28-23-26-12-14-13-31(24(33)30(2)22(14)29-23)18-10-15(34-3)11-19(35-4)21(18)25/h6-9,11-16H,1,10,17H2,2-5H3,(H,30,32,33);5-12H,1,13H2,2-4H3,(H,27,32)(H,26,28,29). The van der Waals surface area contributed by atoms with Crippen LogP contribution in [0.2, 0.25) is 5.02 Å². The Morgan fingerprint density at radius 2 is 1.27 bits per heavy atom. The second-order valence-corrected chi connectivity index (χ2v) is 17.2. The number of ether oxygens (including phenoxy) is 4. The van der Waals surface area contributed by atoms with Crippen LogP contribution in [0.5, 0.6) is 23.0 Å². The first-order chi connectivity index (χ1) is 36.1. The van der Waals surface area contributed by atoms with Crippen LogP contribution in [0.3, 0.4) is 0 Å². The minimum absolute atomic E-state index is 0.114. The average Bonchev–Trinajstić information content (AvgIpc) is 3.88. The first-order valence-electron chi connectivity index (χ1n) is 23.0. The number of aromatic nitrogens is 6. The van der Waals surface area contributed by atoms with Crippen molar-refractivity contribution in [2.45, 2.75) is 19.5 Å². The van der Waals surface area contributed by atoms with Gasteiger partial charge in [0, 0.05) is 98.9 Å². The van der Waals surface area contributed by atoms with Gasteiger partial charge in [-0.1, -0.05) is 43.0 Å². The number of ketones is 1. The van der Waals surface area contributed by atoms with Crippen LogP contribution >= 0.6 is 11.6 Å². The van der Waals surface area contributed by atoms with Gasteiger partial charge in [0.25, 0.3) is 0 Å². The van der Waals surface area contributed by atoms with Crippen molar-refractivity contribution in [2.24, 2.45) is 7.05 Å². The number of carbonyl (C=O) groups excluding carboxylic acids is 4. The molecule has 0 bridgehead atoms. The molecule has 5 heterocycles. The van der Waals surface area contributed by atoms with E-state index in [2.05, 4.69) is 54.1 Å². The van der Waals surface area contributed by atoms with Crippen molar-refractivity contribution in [3.05, 3.63) is 145 Å². The highest BCUT2D eigenvalue weighted by atomic mass is 35.5. The van der Waals surface area contributed by atoms with Gasteiger partial charge in [0.05, 0.1) is 70.5 Å². The Labute approximate surface area is 437 Å². The van der Waals surface area contributed by atoms with Crippen LogP contribution in [0, 0.1) is 0 Å². The predicted octanol–water partition coefficient (Wildman–Crippen LogP) is 9.10. The van der Waals surface area contributed by atoms with Crippen LogP contribution in [-0.2, 0) is 36.1 Å². The first kappa shape index (κ1) is 51.8. The van der Waals surface area contributed by atoms with E-state index >= 15 is 0 Å². The molecule has 2 aliphatic rings. The minimum Gasteiger partial charge on any atom is -0.497 e. The zero-order valence-corrected chi connectivity index (χ0v) is 42.8. The summed E-state index contributed by atoms with van der Waals surface area (Å²) in [5.41, 5.74) is 6.98. The molecule has 75 heavy (non-hydrogen) atoms. The molecule has 0 saturated carbocycles. The molecule has 3 aromatic heterocycles. The van der Waals surface area contributed by atoms with Crippen molar-refractivity contribution < 1.29 is 38.1 Å². The monoisotopic (exact) mass is 1030 g/mol. The third-order valence-corrected chi connectivity index (χ3v) is 12.4. The second kappa shape index (κ2) is 22.5. The van der Waals surface area contributed by atoms with Gasteiger partial charge in [0.15, 0.2) is 5.78 Å². The lowest BCUT2D eigenvalue weighted by molar-refractivity contribution is -0.114. The van der Waals surface area contributed by atoms with Gasteiger partial charge in [-0.25, -0.2) is 19.6 Å². The van der Waals surface area contributed by atoms with Gasteiger partial charge in [-0.05, 0) is 47.5 Å². The number of fused-ring (bicyclic) bond motifs is 2. The topological polar surface area (TPSA) is 224 Å². The summed E-state index contributed by atoms with van der Waals surface area (Å²) in [5.74, 6) is 3.08. The van der Waals surface area contributed by atoms with E-state index in [1.165, 1.54) is 41.1 Å². The molecule has 0 aliphatic carbocycles. The van der Waals surface area contributed by atoms with Gasteiger partial charge in [-0.3, -0.25) is 33.9 Å². The summed E-state index contributed by atoms with van der Waals surface area (Å²) >= 11 is 6.52. The number of anilines is 9. The Morgan fingerprint density at radius 3 is 1.84 bits per heavy atom. The SMILES string of the molecule is C=CC(=O)Cc1cc(-c2cnn(C)c2)ccc1Nc1ncc2c(n1)N(C)C(=O)N(c1cc(OC)cc(OC)c1)C2.C=CC(=O)Nc1ccccc1Nc1ncc2c(n1)N(C)C(=O)N(c1cc(OC)cc(OC)c1Cl)C2. The Kier molecular flexibility index (Phi) is 15.6. The van der Waals surface area contributed by atoms with Crippen molar-refractivity contribution in [1.82, 2.24) is 29.7 Å². The van der Waals surface area contributed by atoms with Crippen LogP contribution in [-0.4, -0.2) is 96.0 Å². The molecule has 7 aromatic rings. The molecule has 0 spiro atoms. The summed E-state index contributed by atoms with van der Waals surface area (Å²) in [6, 6.07) is 20.9. The first-order valence-corrected chi connectivity index (χ1v) is 23.3. The van der Waals surface area contributed by atoms with Crippen LogP contribution in [0.1, 0.15) is 16.7 Å². The Hall–Kier alpha value is -9.50. The van der Waals surface area contributed by atoms with Crippen LogP contribution < -0.4 is 54.5 Å². The number of para-hydroxylation sites is 2. The third-order valence-electron chi connectivity index (χ3n) is 12.0. The number of nitrogens with one attached hydrogen (secondary N) is 3. The molecule has 3 N–H and O–H groups in total. The lowest BCUT2D eigenvalue weighted by Gasteiger charge is -2.34. The number of hydrogen-bond donors (Lipinski definition) is 3. The van der Waals surface area contributed by atoms with Gasteiger partial charge in [0.1, 0.15) is 39.7 Å². The molecule has 22 heteroatoms. The second-order valence-electron chi connectivity index (χ2n) is 16.8. The lowest BCUT2D eigenvalue weighted by atomic mass is 10.0. The quantitative estimate of drug-likeness (QED) is 0.0768. The van der Waals surface area contributed by atoms with E-state index in [0.717, 1.165) is 22.3 Å². The number of halogens is 1. The number of allylic oxidation sites excluding steroid dienone is 1. The van der Waals surface area contributed by atoms with Crippen LogP contribution in [0.25, 0.3) is 11.1 Å². The maximum atomic E-state index is 13.4. The third kappa shape index (κ3) is 11.3. The summed E-state index contributed by atoms with van der Waals surface area (Å²) in [6.45, 7) is 7.53. The molecule has 21 nitrogen and oxygen atoms in total. The fraction of sp³-hybridized carbons (Fsp3) is 0.189. The molecule has 0 atom stereocenters. The maximum Gasteiger partial charge on any atom is 0.330 e. The van der Waals surface area contributed by atoms with Crippen molar-refractivity contribution >= 4 is 87.3 Å². The fourth-order valence-electron chi connectivity index (χ4n) is 8.10. The van der Waals surface area contributed by atoms with E-state index in [9.17, 15) is 19.2 Å². The number of aryl methyl sites for hydroxylation is 1. The maximum absolute atomic E-state index is 13.4. The number of carbonyl (C=O) groups is 4. The Morgan fingerprint density at radius 1 is 0.680 bits per heavy atom. The number of urea groups is 2. The number of methoxy groups -OCH3 is 4. The molecule has 4 aromatic carbocycles. The largest absolute Gasteiger partial charge is 0.497 e. The van der Waals surface area contributed by atoms with E-state index in [0.29, 0.717) is 74.6 Å². The molecule has 384 valence electrons. The zero-order chi connectivity index (χ0) is 53.5. The molecule has 5 amide bonds. The van der Waals surface area contributed by atoms with Crippen LogP contribution in [0.15, 0.2) is 123 Å². The van der Waals surface area contributed by atoms with E-state index in [1.54, 1.807) is 105 Å². The molecular weight excluding hydrogens is 982 g/mol. The fourth-order valence-corrected chi connectivity index (χ4v) is 8.38. The van der Waals surface area contributed by atoms with Crippen LogP contribution in [0.4, 0.5) is 61.6 Å². The summed E-state index contributed by atoms with van der Waals surface area (Å²) in [6.07, 6.45) is 9.65. The number of benzene rings is 4. The number of nitrogens with zero attached hydrogens (tertiary/aromatic N) is 10. The van der Waals surface area contributed by atoms with Crippen molar-refractivity contribution in [2.75, 3.05) is 78.1 Å². The zero-order valence-electron chi connectivity index (χ0n) is 42.0. The van der Waals surface area contributed by atoms with Crippen molar-refractivity contribution in [1.29, 1.82) is 0 Å². The van der Waals surface area contributed by atoms with Gasteiger partial charge in [-0.15, -0.1) is 0 Å². The van der Waals surface area contributed by atoms with Gasteiger partial charge < -0.3 is 34.9 Å². The highest BCUT2D eigenvalue weighted by molar-refractivity contribution is 6.35. The van der Waals surface area contributed by atoms with E-state index in [1.807, 2.05) is 37.5 Å². The van der Waals surface area contributed by atoms with E-state index in [4.69, 9.17) is 30.5 Å². The molecule has 0 radical (unpaired) electrons. The number of amides is 5. The summed E-state index contributed by atoms with van der Waals surface area (Å²) < 4.78 is 23.1. The minimum atomic E-state index is -0.344. The van der Waals surface area contributed by atoms with E-state index in [-0.39, 0.29) is 54.2 Å². The smallest absolute Gasteiger partial charge is 0.330 e. The van der Waals surface area contributed by atoms with E-state index < -0.39 is 0 Å². The Balaban J connectivity index is 0.000000201. The van der Waals surface area contributed by atoms with Gasteiger partial charge in [-0.2, -0.15) is 15.1 Å². The lowest BCUT2D eigenvalue weighted by Crippen LogP contribution is -2.46.